The summed E-state index contributed by atoms with van der Waals surface area (Å²) in [5.41, 5.74) is 1.39. The fraction of sp³-hybridized carbons (Fsp3) is 0.429. The maximum Gasteiger partial charge on any atom is 0.191 e. The number of aryl methyl sites for hydroxylation is 1. The molecule has 1 aromatic heterocycles. The summed E-state index contributed by atoms with van der Waals surface area (Å²) in [4.78, 5) is 11.1. The molecule has 5 nitrogen and oxygen atoms in total. The molecule has 1 fully saturated rings. The number of hydrogen-bond acceptors (Lipinski definition) is 3. The van der Waals surface area contributed by atoms with Crippen LogP contribution in [-0.4, -0.2) is 43.7 Å². The van der Waals surface area contributed by atoms with Crippen LogP contribution in [0.5, 0.6) is 0 Å². The second kappa shape index (κ2) is 11.3. The SMILES string of the molecule is CN=C(NCCc1cc(F)ccc1F)NC1CCN(c2cccc(C)n2)CC1.I. The highest BCUT2D eigenvalue weighted by Crippen LogP contribution is 2.18. The number of benzene rings is 1. The third-order valence-corrected chi connectivity index (χ3v) is 4.95. The number of nitrogens with zero attached hydrogens (tertiary/aromatic N) is 3. The Morgan fingerprint density at radius 1 is 1.21 bits per heavy atom. The Bertz CT molecular complexity index is 822. The van der Waals surface area contributed by atoms with Gasteiger partial charge in [0, 0.05) is 38.4 Å². The lowest BCUT2D eigenvalue weighted by Gasteiger charge is -2.34. The number of aliphatic imine (C=N–C) groups is 1. The molecule has 158 valence electrons. The number of nitrogens with one attached hydrogen (secondary N) is 2. The van der Waals surface area contributed by atoms with Crippen LogP contribution < -0.4 is 15.5 Å². The molecule has 0 radical (unpaired) electrons. The number of piperidine rings is 1. The number of rotatable bonds is 5. The third kappa shape index (κ3) is 6.80. The van der Waals surface area contributed by atoms with Gasteiger partial charge in [-0.05, 0) is 62.1 Å². The van der Waals surface area contributed by atoms with Crippen LogP contribution in [0.25, 0.3) is 0 Å². The molecule has 1 aliphatic heterocycles. The van der Waals surface area contributed by atoms with E-state index in [1.165, 1.54) is 6.07 Å². The standard InChI is InChI=1S/C21H27F2N5.HI/c1-15-4-3-5-20(26-15)28-12-9-18(10-13-28)27-21(24-2)25-11-8-16-14-17(22)6-7-19(16)23;/h3-7,14,18H,8-13H2,1-2H3,(H2,24,25,27);1H. The zero-order valence-corrected chi connectivity index (χ0v) is 19.1. The number of halogens is 3. The van der Waals surface area contributed by atoms with E-state index in [0.717, 1.165) is 49.6 Å². The van der Waals surface area contributed by atoms with E-state index in [1.807, 2.05) is 25.1 Å². The Morgan fingerprint density at radius 2 is 1.97 bits per heavy atom. The van der Waals surface area contributed by atoms with Crippen molar-refractivity contribution in [2.24, 2.45) is 4.99 Å². The average Bonchev–Trinajstić information content (AvgIpc) is 2.70. The highest BCUT2D eigenvalue weighted by atomic mass is 127. The Labute approximate surface area is 188 Å². The van der Waals surface area contributed by atoms with Gasteiger partial charge < -0.3 is 15.5 Å². The molecule has 2 N–H and O–H groups in total. The first-order valence-corrected chi connectivity index (χ1v) is 9.65. The number of guanidine groups is 1. The van der Waals surface area contributed by atoms with E-state index in [-0.39, 0.29) is 29.8 Å². The van der Waals surface area contributed by atoms with Gasteiger partial charge in [0.25, 0.3) is 0 Å². The van der Waals surface area contributed by atoms with Gasteiger partial charge in [-0.25, -0.2) is 13.8 Å². The van der Waals surface area contributed by atoms with E-state index < -0.39 is 5.82 Å². The van der Waals surface area contributed by atoms with Crippen LogP contribution in [0.3, 0.4) is 0 Å². The van der Waals surface area contributed by atoms with Crippen LogP contribution in [0.1, 0.15) is 24.1 Å². The van der Waals surface area contributed by atoms with Crippen molar-refractivity contribution in [2.45, 2.75) is 32.2 Å². The zero-order chi connectivity index (χ0) is 19.9. The first-order chi connectivity index (χ1) is 13.5. The van der Waals surface area contributed by atoms with Crippen LogP contribution in [0, 0.1) is 18.6 Å². The molecular weight excluding hydrogens is 487 g/mol. The number of pyridine rings is 1. The smallest absolute Gasteiger partial charge is 0.191 e. The van der Waals surface area contributed by atoms with E-state index in [9.17, 15) is 8.78 Å². The highest BCUT2D eigenvalue weighted by molar-refractivity contribution is 14.0. The second-order valence-electron chi connectivity index (χ2n) is 7.03. The summed E-state index contributed by atoms with van der Waals surface area (Å²) in [6, 6.07) is 9.94. The predicted molar refractivity (Wildman–Crippen MR) is 124 cm³/mol. The summed E-state index contributed by atoms with van der Waals surface area (Å²) in [5, 5.41) is 6.61. The number of anilines is 1. The van der Waals surface area contributed by atoms with E-state index >= 15 is 0 Å². The molecule has 29 heavy (non-hydrogen) atoms. The molecule has 1 aliphatic rings. The molecule has 1 aromatic carbocycles. The maximum absolute atomic E-state index is 13.7. The van der Waals surface area contributed by atoms with Gasteiger partial charge in [0.1, 0.15) is 17.5 Å². The second-order valence-corrected chi connectivity index (χ2v) is 7.03. The van der Waals surface area contributed by atoms with E-state index in [0.29, 0.717) is 30.5 Å². The number of hydrogen-bond donors (Lipinski definition) is 2. The summed E-state index contributed by atoms with van der Waals surface area (Å²) in [5.74, 6) is 0.902. The molecule has 0 amide bonds. The molecule has 1 saturated heterocycles. The molecule has 0 aliphatic carbocycles. The lowest BCUT2D eigenvalue weighted by atomic mass is 10.1. The first-order valence-electron chi connectivity index (χ1n) is 9.65. The quantitative estimate of drug-likeness (QED) is 0.363. The molecular formula is C21H28F2IN5. The molecule has 0 saturated carbocycles. The Kier molecular flexibility index (Phi) is 9.06. The molecule has 2 heterocycles. The van der Waals surface area contributed by atoms with Gasteiger partial charge in [0.2, 0.25) is 0 Å². The van der Waals surface area contributed by atoms with Crippen molar-refractivity contribution in [1.29, 1.82) is 0 Å². The van der Waals surface area contributed by atoms with Crippen molar-refractivity contribution in [2.75, 3.05) is 31.6 Å². The number of aromatic nitrogens is 1. The summed E-state index contributed by atoms with van der Waals surface area (Å²) >= 11 is 0. The third-order valence-electron chi connectivity index (χ3n) is 4.95. The topological polar surface area (TPSA) is 52.6 Å². The lowest BCUT2D eigenvalue weighted by Crippen LogP contribution is -2.49. The summed E-state index contributed by atoms with van der Waals surface area (Å²) in [6.45, 7) is 4.34. The Morgan fingerprint density at radius 3 is 2.66 bits per heavy atom. The molecule has 8 heteroatoms. The Balaban J connectivity index is 0.00000300. The van der Waals surface area contributed by atoms with Gasteiger partial charge in [0.15, 0.2) is 5.96 Å². The molecule has 3 rings (SSSR count). The fourth-order valence-electron chi connectivity index (χ4n) is 3.40. The summed E-state index contributed by atoms with van der Waals surface area (Å²) in [6.07, 6.45) is 2.35. The minimum Gasteiger partial charge on any atom is -0.356 e. The molecule has 0 bridgehead atoms. The average molecular weight is 515 g/mol. The predicted octanol–water partition coefficient (Wildman–Crippen LogP) is 3.66. The molecule has 2 aromatic rings. The van der Waals surface area contributed by atoms with Crippen molar-refractivity contribution in [1.82, 2.24) is 15.6 Å². The normalized spacial score (nSPS) is 15.0. The van der Waals surface area contributed by atoms with Gasteiger partial charge >= 0.3 is 0 Å². The van der Waals surface area contributed by atoms with Gasteiger partial charge in [0.05, 0.1) is 0 Å². The van der Waals surface area contributed by atoms with E-state index in [4.69, 9.17) is 0 Å². The summed E-state index contributed by atoms with van der Waals surface area (Å²) < 4.78 is 27.0. The van der Waals surface area contributed by atoms with Crippen LogP contribution >= 0.6 is 24.0 Å². The van der Waals surface area contributed by atoms with Crippen molar-refractivity contribution < 1.29 is 8.78 Å². The molecule has 0 spiro atoms. The molecule has 0 unspecified atom stereocenters. The van der Waals surface area contributed by atoms with Gasteiger partial charge in [-0.15, -0.1) is 24.0 Å². The van der Waals surface area contributed by atoms with Gasteiger partial charge in [-0.1, -0.05) is 6.07 Å². The maximum atomic E-state index is 13.7. The van der Waals surface area contributed by atoms with Crippen LogP contribution in [0.4, 0.5) is 14.6 Å². The monoisotopic (exact) mass is 515 g/mol. The van der Waals surface area contributed by atoms with E-state index in [2.05, 4.69) is 25.5 Å². The highest BCUT2D eigenvalue weighted by Gasteiger charge is 2.21. The Hall–Kier alpha value is -1.97. The van der Waals surface area contributed by atoms with E-state index in [1.54, 1.807) is 7.05 Å². The molecule has 0 atom stereocenters. The van der Waals surface area contributed by atoms with Crippen LogP contribution in [0.2, 0.25) is 0 Å². The van der Waals surface area contributed by atoms with Crippen LogP contribution in [-0.2, 0) is 6.42 Å². The van der Waals surface area contributed by atoms with Crippen molar-refractivity contribution in [3.63, 3.8) is 0 Å². The zero-order valence-electron chi connectivity index (χ0n) is 16.8. The minimum atomic E-state index is -0.422. The fourth-order valence-corrected chi connectivity index (χ4v) is 3.40. The van der Waals surface area contributed by atoms with Gasteiger partial charge in [-0.3, -0.25) is 4.99 Å². The van der Waals surface area contributed by atoms with Gasteiger partial charge in [-0.2, -0.15) is 0 Å². The van der Waals surface area contributed by atoms with Crippen LogP contribution in [0.15, 0.2) is 41.4 Å². The van der Waals surface area contributed by atoms with Crippen molar-refractivity contribution in [3.8, 4) is 0 Å². The first kappa shape index (κ1) is 23.3. The lowest BCUT2D eigenvalue weighted by molar-refractivity contribution is 0.459. The largest absolute Gasteiger partial charge is 0.356 e. The summed E-state index contributed by atoms with van der Waals surface area (Å²) in [7, 11) is 1.71. The minimum absolute atomic E-state index is 0. The van der Waals surface area contributed by atoms with Crippen molar-refractivity contribution >= 4 is 35.8 Å². The van der Waals surface area contributed by atoms with Crippen molar-refractivity contribution in [3.05, 3.63) is 59.3 Å².